The van der Waals surface area contributed by atoms with Gasteiger partial charge in [-0.1, -0.05) is 44.2 Å². The lowest BCUT2D eigenvalue weighted by Crippen LogP contribution is -1.84. The molecule has 0 amide bonds. The third-order valence-corrected chi connectivity index (χ3v) is 4.21. The number of fused-ring (bicyclic) bond motifs is 1. The first-order valence-corrected chi connectivity index (χ1v) is 7.78. The Balaban J connectivity index is 2.57. The van der Waals surface area contributed by atoms with Crippen molar-refractivity contribution in [2.45, 2.75) is 40.5 Å². The summed E-state index contributed by atoms with van der Waals surface area (Å²) in [6.45, 7) is 10.7. The predicted molar refractivity (Wildman–Crippen MR) is 95.5 cm³/mol. The summed E-state index contributed by atoms with van der Waals surface area (Å²) in [5, 5.41) is 0. The highest BCUT2D eigenvalue weighted by Gasteiger charge is 2.13. The molecular formula is C21H24O. The minimum Gasteiger partial charge on any atom is -0.299 e. The Labute approximate surface area is 133 Å². The monoisotopic (exact) mass is 292 g/mol. The fourth-order valence-electron chi connectivity index (χ4n) is 2.65. The van der Waals surface area contributed by atoms with Gasteiger partial charge in [-0.25, -0.2) is 0 Å². The van der Waals surface area contributed by atoms with E-state index in [0.29, 0.717) is 5.92 Å². The number of aldehydes is 1. The van der Waals surface area contributed by atoms with Crippen LogP contribution in [0, 0.1) is 13.8 Å². The lowest BCUT2D eigenvalue weighted by atomic mass is 10.0. The lowest BCUT2D eigenvalue weighted by molar-refractivity contribution is -0.104. The van der Waals surface area contributed by atoms with E-state index in [0.717, 1.165) is 11.9 Å². The van der Waals surface area contributed by atoms with Gasteiger partial charge in [0.15, 0.2) is 0 Å². The van der Waals surface area contributed by atoms with E-state index in [9.17, 15) is 4.79 Å². The second kappa shape index (κ2) is 6.74. The van der Waals surface area contributed by atoms with Crippen molar-refractivity contribution in [1.82, 2.24) is 0 Å². The van der Waals surface area contributed by atoms with Gasteiger partial charge in [0, 0.05) is 0 Å². The standard InChI is InChI=1S/C21H24O/c1-14(2)18-9-7-16(4)20-13-19(17(5)21(20)12-18)8-6-15(3)10-11-22/h6-14H,1-5H3/b8-6+,15-10+. The number of carbonyl (C=O) groups excluding carboxylic acids is 1. The van der Waals surface area contributed by atoms with Crippen LogP contribution in [-0.2, 0) is 4.79 Å². The number of carbonyl (C=O) groups is 1. The maximum atomic E-state index is 10.5. The smallest absolute Gasteiger partial charge is 0.143 e. The van der Waals surface area contributed by atoms with Crippen LogP contribution in [0.3, 0.4) is 0 Å². The Kier molecular flexibility index (Phi) is 4.97. The van der Waals surface area contributed by atoms with E-state index < -0.39 is 0 Å². The Morgan fingerprint density at radius 1 is 1.09 bits per heavy atom. The molecule has 0 spiro atoms. The van der Waals surface area contributed by atoms with Gasteiger partial charge in [-0.15, -0.1) is 0 Å². The third-order valence-electron chi connectivity index (χ3n) is 4.21. The first kappa shape index (κ1) is 16.2. The van der Waals surface area contributed by atoms with Crippen LogP contribution < -0.4 is 0 Å². The molecule has 0 saturated carbocycles. The first-order valence-electron chi connectivity index (χ1n) is 7.78. The Morgan fingerprint density at radius 3 is 2.45 bits per heavy atom. The largest absolute Gasteiger partial charge is 0.299 e. The normalized spacial score (nSPS) is 12.5. The van der Waals surface area contributed by atoms with Gasteiger partial charge < -0.3 is 0 Å². The summed E-state index contributed by atoms with van der Waals surface area (Å²) in [4.78, 5) is 10.5. The molecule has 0 N–H and O–H groups in total. The molecule has 0 aromatic rings. The van der Waals surface area contributed by atoms with Crippen LogP contribution in [0.4, 0.5) is 0 Å². The number of hydrogen-bond acceptors (Lipinski definition) is 1. The van der Waals surface area contributed by atoms with Gasteiger partial charge in [-0.05, 0) is 77.8 Å². The summed E-state index contributed by atoms with van der Waals surface area (Å²) in [6, 6.07) is 9.00. The van der Waals surface area contributed by atoms with Gasteiger partial charge in [-0.3, -0.25) is 4.79 Å². The van der Waals surface area contributed by atoms with Crippen molar-refractivity contribution in [2.75, 3.05) is 0 Å². The zero-order chi connectivity index (χ0) is 16.3. The predicted octanol–water partition coefficient (Wildman–Crippen LogP) is 5.69. The zero-order valence-corrected chi connectivity index (χ0v) is 14.1. The van der Waals surface area contributed by atoms with Crippen molar-refractivity contribution < 1.29 is 4.79 Å². The van der Waals surface area contributed by atoms with E-state index in [-0.39, 0.29) is 0 Å². The number of rotatable bonds is 4. The topological polar surface area (TPSA) is 17.1 Å². The average molecular weight is 292 g/mol. The molecule has 0 bridgehead atoms. The van der Waals surface area contributed by atoms with E-state index in [1.165, 1.54) is 33.4 Å². The lowest BCUT2D eigenvalue weighted by Gasteiger charge is -2.03. The van der Waals surface area contributed by atoms with E-state index in [4.69, 9.17) is 0 Å². The maximum absolute atomic E-state index is 10.5. The molecule has 0 aromatic carbocycles. The number of allylic oxidation sites excluding steroid dienone is 3. The van der Waals surface area contributed by atoms with Crippen molar-refractivity contribution in [2.24, 2.45) is 0 Å². The van der Waals surface area contributed by atoms with Crippen LogP contribution in [0.1, 0.15) is 48.9 Å². The van der Waals surface area contributed by atoms with Gasteiger partial charge in [0.05, 0.1) is 0 Å². The quantitative estimate of drug-likeness (QED) is 0.402. The molecule has 0 heterocycles. The van der Waals surface area contributed by atoms with Crippen molar-refractivity contribution in [3.05, 3.63) is 64.2 Å². The van der Waals surface area contributed by atoms with E-state index in [1.807, 2.05) is 13.0 Å². The van der Waals surface area contributed by atoms with Crippen molar-refractivity contribution >= 4 is 12.4 Å². The molecule has 114 valence electrons. The molecule has 2 aliphatic rings. The van der Waals surface area contributed by atoms with E-state index >= 15 is 0 Å². The maximum Gasteiger partial charge on any atom is 0.143 e. The van der Waals surface area contributed by atoms with Gasteiger partial charge in [0.2, 0.25) is 0 Å². The second-order valence-corrected chi connectivity index (χ2v) is 6.25. The van der Waals surface area contributed by atoms with Gasteiger partial charge in [-0.2, -0.15) is 0 Å². The van der Waals surface area contributed by atoms with Crippen LogP contribution in [-0.4, -0.2) is 6.29 Å². The third kappa shape index (κ3) is 3.36. The van der Waals surface area contributed by atoms with Crippen molar-refractivity contribution in [1.29, 1.82) is 0 Å². The molecular weight excluding hydrogens is 268 g/mol. The molecule has 0 aliphatic heterocycles. The highest BCUT2D eigenvalue weighted by atomic mass is 16.1. The summed E-state index contributed by atoms with van der Waals surface area (Å²) >= 11 is 0. The highest BCUT2D eigenvalue weighted by Crippen LogP contribution is 2.35. The average Bonchev–Trinajstić information content (AvgIpc) is 2.67. The molecule has 2 aliphatic carbocycles. The molecule has 1 nitrogen and oxygen atoms in total. The summed E-state index contributed by atoms with van der Waals surface area (Å²) in [6.07, 6.45) is 6.50. The van der Waals surface area contributed by atoms with Gasteiger partial charge in [0.25, 0.3) is 0 Å². The molecule has 0 saturated heterocycles. The van der Waals surface area contributed by atoms with Crippen molar-refractivity contribution in [3.63, 3.8) is 0 Å². The Bertz CT molecular complexity index is 717. The van der Waals surface area contributed by atoms with E-state index in [1.54, 1.807) is 6.08 Å². The SMILES string of the molecule is CC(/C=C/c1cc2c(C)ccc(C(C)C)cc-2c1C)=C\C=O. The van der Waals surface area contributed by atoms with Crippen molar-refractivity contribution in [3.8, 4) is 11.1 Å². The summed E-state index contributed by atoms with van der Waals surface area (Å²) in [5.74, 6) is 0.515. The zero-order valence-electron chi connectivity index (χ0n) is 14.1. The fourth-order valence-corrected chi connectivity index (χ4v) is 2.65. The Morgan fingerprint density at radius 2 is 1.82 bits per heavy atom. The number of hydrogen-bond donors (Lipinski definition) is 0. The van der Waals surface area contributed by atoms with E-state index in [2.05, 4.69) is 58.0 Å². The molecule has 1 heteroatoms. The first-order chi connectivity index (χ1) is 10.4. The summed E-state index contributed by atoms with van der Waals surface area (Å²) < 4.78 is 0. The van der Waals surface area contributed by atoms with Crippen LogP contribution >= 0.6 is 0 Å². The molecule has 0 aromatic heterocycles. The molecule has 0 fully saturated rings. The molecule has 0 atom stereocenters. The summed E-state index contributed by atoms with van der Waals surface area (Å²) in [7, 11) is 0. The molecule has 0 radical (unpaired) electrons. The minimum absolute atomic E-state index is 0.515. The molecule has 2 rings (SSSR count). The van der Waals surface area contributed by atoms with Gasteiger partial charge in [0.1, 0.15) is 6.29 Å². The van der Waals surface area contributed by atoms with Crippen LogP contribution in [0.2, 0.25) is 0 Å². The van der Waals surface area contributed by atoms with Crippen LogP contribution in [0.5, 0.6) is 0 Å². The van der Waals surface area contributed by atoms with Crippen LogP contribution in [0.25, 0.3) is 17.2 Å². The molecule has 0 unspecified atom stereocenters. The number of aryl methyl sites for hydroxylation is 1. The Hall–Kier alpha value is -2.15. The highest BCUT2D eigenvalue weighted by molar-refractivity contribution is 5.81. The minimum atomic E-state index is 0.515. The van der Waals surface area contributed by atoms with Crippen LogP contribution in [0.15, 0.2) is 42.0 Å². The fraction of sp³-hybridized carbons (Fsp3) is 0.286. The second-order valence-electron chi connectivity index (χ2n) is 6.25. The molecule has 22 heavy (non-hydrogen) atoms. The van der Waals surface area contributed by atoms with Gasteiger partial charge >= 0.3 is 0 Å². The summed E-state index contributed by atoms with van der Waals surface area (Å²) in [5.41, 5.74) is 8.77.